The largest absolute Gasteiger partial charge is 0.398 e. The molecule has 94 valence electrons. The highest BCUT2D eigenvalue weighted by atomic mass is 16.6. The van der Waals surface area contributed by atoms with Gasteiger partial charge in [0.2, 0.25) is 0 Å². The van der Waals surface area contributed by atoms with E-state index >= 15 is 0 Å². The lowest BCUT2D eigenvalue weighted by atomic mass is 10.2. The van der Waals surface area contributed by atoms with Gasteiger partial charge in [0.05, 0.1) is 4.92 Å². The van der Waals surface area contributed by atoms with Crippen LogP contribution < -0.4 is 10.6 Å². The topological polar surface area (TPSA) is 72.4 Å². The smallest absolute Gasteiger partial charge is 0.273 e. The monoisotopic (exact) mass is 237 g/mol. The summed E-state index contributed by atoms with van der Waals surface area (Å²) in [5.74, 6) is 0. The van der Waals surface area contributed by atoms with Crippen LogP contribution in [0.1, 0.15) is 27.2 Å². The summed E-state index contributed by atoms with van der Waals surface area (Å²) in [5, 5.41) is 10.8. The van der Waals surface area contributed by atoms with Gasteiger partial charge in [-0.3, -0.25) is 10.1 Å². The van der Waals surface area contributed by atoms with Crippen LogP contribution in [0.25, 0.3) is 0 Å². The van der Waals surface area contributed by atoms with Crippen molar-refractivity contribution in [2.75, 3.05) is 17.2 Å². The van der Waals surface area contributed by atoms with Gasteiger partial charge in [0, 0.05) is 36.1 Å². The Bertz CT molecular complexity index is 405. The quantitative estimate of drug-likeness (QED) is 0.485. The maximum absolute atomic E-state index is 10.8. The highest BCUT2D eigenvalue weighted by Crippen LogP contribution is 2.26. The molecule has 0 aromatic heterocycles. The standard InChI is InChI=1S/C12H19N3O2/c1-4-5-14(9(2)3)11-6-10(13)7-12(8-11)15(16)17/h6-9H,4-5,13H2,1-3H3. The molecule has 0 saturated heterocycles. The number of non-ortho nitro benzene ring substituents is 1. The van der Waals surface area contributed by atoms with Crippen molar-refractivity contribution in [2.45, 2.75) is 33.2 Å². The Hall–Kier alpha value is -1.78. The third-order valence-electron chi connectivity index (χ3n) is 2.56. The molecule has 0 saturated carbocycles. The summed E-state index contributed by atoms with van der Waals surface area (Å²) in [6.45, 7) is 7.06. The number of hydrogen-bond acceptors (Lipinski definition) is 4. The van der Waals surface area contributed by atoms with Gasteiger partial charge in [0.15, 0.2) is 0 Å². The number of nitro groups is 1. The fraction of sp³-hybridized carbons (Fsp3) is 0.500. The molecule has 0 fully saturated rings. The zero-order chi connectivity index (χ0) is 13.0. The number of nitro benzene ring substituents is 1. The third kappa shape index (κ3) is 3.34. The molecule has 1 aromatic rings. The molecule has 5 nitrogen and oxygen atoms in total. The van der Waals surface area contributed by atoms with Crippen LogP contribution in [0.5, 0.6) is 0 Å². The predicted molar refractivity (Wildman–Crippen MR) is 70.3 cm³/mol. The Morgan fingerprint density at radius 2 is 2.06 bits per heavy atom. The molecule has 1 aromatic carbocycles. The van der Waals surface area contributed by atoms with E-state index in [1.807, 2.05) is 0 Å². The summed E-state index contributed by atoms with van der Waals surface area (Å²) in [5.41, 5.74) is 6.98. The van der Waals surface area contributed by atoms with Crippen molar-refractivity contribution in [3.8, 4) is 0 Å². The van der Waals surface area contributed by atoms with Gasteiger partial charge in [-0.1, -0.05) is 6.92 Å². The summed E-state index contributed by atoms with van der Waals surface area (Å²) in [4.78, 5) is 12.5. The van der Waals surface area contributed by atoms with E-state index in [1.54, 1.807) is 12.1 Å². The molecule has 0 spiro atoms. The van der Waals surface area contributed by atoms with Gasteiger partial charge >= 0.3 is 0 Å². The maximum atomic E-state index is 10.8. The minimum Gasteiger partial charge on any atom is -0.398 e. The van der Waals surface area contributed by atoms with E-state index in [2.05, 4.69) is 25.7 Å². The van der Waals surface area contributed by atoms with Crippen molar-refractivity contribution in [2.24, 2.45) is 0 Å². The van der Waals surface area contributed by atoms with E-state index in [0.717, 1.165) is 18.7 Å². The molecule has 0 aliphatic carbocycles. The summed E-state index contributed by atoms with van der Waals surface area (Å²) in [7, 11) is 0. The number of benzene rings is 1. The van der Waals surface area contributed by atoms with Gasteiger partial charge in [-0.15, -0.1) is 0 Å². The second kappa shape index (κ2) is 5.52. The molecule has 0 bridgehead atoms. The normalized spacial score (nSPS) is 10.6. The molecule has 0 radical (unpaired) electrons. The molecule has 2 N–H and O–H groups in total. The van der Waals surface area contributed by atoms with Gasteiger partial charge < -0.3 is 10.6 Å². The number of rotatable bonds is 5. The Kier molecular flexibility index (Phi) is 4.31. The minimum atomic E-state index is -0.412. The van der Waals surface area contributed by atoms with Crippen molar-refractivity contribution >= 4 is 17.1 Å². The van der Waals surface area contributed by atoms with Gasteiger partial charge in [-0.25, -0.2) is 0 Å². The second-order valence-electron chi connectivity index (χ2n) is 4.33. The first kappa shape index (κ1) is 13.3. The highest BCUT2D eigenvalue weighted by molar-refractivity contribution is 5.63. The molecule has 0 amide bonds. The van der Waals surface area contributed by atoms with E-state index in [-0.39, 0.29) is 11.7 Å². The van der Waals surface area contributed by atoms with Crippen LogP contribution in [-0.4, -0.2) is 17.5 Å². The lowest BCUT2D eigenvalue weighted by Gasteiger charge is -2.28. The van der Waals surface area contributed by atoms with Gasteiger partial charge in [0.1, 0.15) is 0 Å². The van der Waals surface area contributed by atoms with Crippen molar-refractivity contribution in [1.82, 2.24) is 0 Å². The van der Waals surface area contributed by atoms with Crippen LogP contribution >= 0.6 is 0 Å². The lowest BCUT2D eigenvalue weighted by Crippen LogP contribution is -2.31. The van der Waals surface area contributed by atoms with Crippen molar-refractivity contribution in [1.29, 1.82) is 0 Å². The molecular weight excluding hydrogens is 218 g/mol. The lowest BCUT2D eigenvalue weighted by molar-refractivity contribution is -0.384. The van der Waals surface area contributed by atoms with Crippen LogP contribution in [0, 0.1) is 10.1 Å². The number of hydrogen-bond donors (Lipinski definition) is 1. The molecule has 0 unspecified atom stereocenters. The van der Waals surface area contributed by atoms with Gasteiger partial charge in [-0.05, 0) is 26.3 Å². The van der Waals surface area contributed by atoms with E-state index < -0.39 is 4.92 Å². The first-order chi connectivity index (χ1) is 7.95. The molecular formula is C12H19N3O2. The summed E-state index contributed by atoms with van der Waals surface area (Å²) >= 11 is 0. The van der Waals surface area contributed by atoms with Crippen LogP contribution in [-0.2, 0) is 0 Å². The van der Waals surface area contributed by atoms with E-state index in [1.165, 1.54) is 6.07 Å². The Balaban J connectivity index is 3.14. The molecule has 0 heterocycles. The number of nitrogens with two attached hydrogens (primary N) is 1. The summed E-state index contributed by atoms with van der Waals surface area (Å²) < 4.78 is 0. The first-order valence-electron chi connectivity index (χ1n) is 5.77. The maximum Gasteiger partial charge on any atom is 0.273 e. The number of nitrogens with zero attached hydrogens (tertiary/aromatic N) is 2. The zero-order valence-electron chi connectivity index (χ0n) is 10.5. The van der Waals surface area contributed by atoms with Crippen LogP contribution in [0.2, 0.25) is 0 Å². The van der Waals surface area contributed by atoms with Crippen molar-refractivity contribution in [3.05, 3.63) is 28.3 Å². The fourth-order valence-electron chi connectivity index (χ4n) is 1.82. The van der Waals surface area contributed by atoms with Crippen LogP contribution in [0.4, 0.5) is 17.1 Å². The summed E-state index contributed by atoms with van der Waals surface area (Å²) in [6.07, 6.45) is 0.987. The van der Waals surface area contributed by atoms with E-state index in [4.69, 9.17) is 5.73 Å². The fourth-order valence-corrected chi connectivity index (χ4v) is 1.82. The SMILES string of the molecule is CCCN(c1cc(N)cc([N+](=O)[O-])c1)C(C)C. The van der Waals surface area contributed by atoms with Crippen molar-refractivity contribution < 1.29 is 4.92 Å². The number of anilines is 2. The van der Waals surface area contributed by atoms with Crippen LogP contribution in [0.3, 0.4) is 0 Å². The van der Waals surface area contributed by atoms with E-state index in [0.29, 0.717) is 5.69 Å². The van der Waals surface area contributed by atoms with Gasteiger partial charge in [-0.2, -0.15) is 0 Å². The van der Waals surface area contributed by atoms with E-state index in [9.17, 15) is 10.1 Å². The Morgan fingerprint density at radius 3 is 2.53 bits per heavy atom. The average molecular weight is 237 g/mol. The third-order valence-corrected chi connectivity index (χ3v) is 2.56. The number of nitrogen functional groups attached to an aromatic ring is 1. The molecule has 0 atom stereocenters. The second-order valence-corrected chi connectivity index (χ2v) is 4.33. The molecule has 0 aliphatic heterocycles. The molecule has 5 heteroatoms. The van der Waals surface area contributed by atoms with Crippen LogP contribution in [0.15, 0.2) is 18.2 Å². The average Bonchev–Trinajstić information content (AvgIpc) is 2.24. The molecule has 0 aliphatic rings. The Morgan fingerprint density at radius 1 is 1.41 bits per heavy atom. The highest BCUT2D eigenvalue weighted by Gasteiger charge is 2.14. The summed E-state index contributed by atoms with van der Waals surface area (Å²) in [6, 6.07) is 5.03. The Labute approximate surface area is 101 Å². The van der Waals surface area contributed by atoms with Gasteiger partial charge in [0.25, 0.3) is 5.69 Å². The molecule has 17 heavy (non-hydrogen) atoms. The minimum absolute atomic E-state index is 0.0433. The zero-order valence-corrected chi connectivity index (χ0v) is 10.5. The molecule has 1 rings (SSSR count). The van der Waals surface area contributed by atoms with Crippen molar-refractivity contribution in [3.63, 3.8) is 0 Å². The predicted octanol–water partition coefficient (Wildman–Crippen LogP) is 2.80. The first-order valence-corrected chi connectivity index (χ1v) is 5.77.